The Hall–Kier alpha value is -2.05. The second-order valence-corrected chi connectivity index (χ2v) is 16.7. The SMILES string of the molecule is COC(=O)CC[C@H](C)[C@H]1CC[C@H]2[C@@H]3CC[C@@H]4C(c5nc6ccc(Cl)cn6c5NC(C)(C)C)=C(Cl)CC[C@]4(C)[C@H]3CC(=O)[C@]12C. The fourth-order valence-corrected chi connectivity index (χ4v) is 10.7. The molecule has 44 heavy (non-hydrogen) atoms. The maximum atomic E-state index is 14.4. The molecule has 2 heterocycles. The number of Topliss-reactive ketones (excluding diaryl/α,β-unsaturated/α-hetero) is 1. The van der Waals surface area contributed by atoms with Crippen LogP contribution < -0.4 is 5.32 Å². The molecule has 0 bridgehead atoms. The van der Waals surface area contributed by atoms with Crippen LogP contribution in [0.5, 0.6) is 0 Å². The van der Waals surface area contributed by atoms with E-state index < -0.39 is 0 Å². The predicted octanol–water partition coefficient (Wildman–Crippen LogP) is 9.19. The maximum Gasteiger partial charge on any atom is 0.305 e. The van der Waals surface area contributed by atoms with Gasteiger partial charge in [-0.25, -0.2) is 4.98 Å². The summed E-state index contributed by atoms with van der Waals surface area (Å²) in [5, 5.41) is 5.29. The number of fused-ring (bicyclic) bond motifs is 6. The van der Waals surface area contributed by atoms with Crippen molar-refractivity contribution in [1.82, 2.24) is 9.38 Å². The molecule has 6 rings (SSSR count). The van der Waals surface area contributed by atoms with Crippen LogP contribution in [-0.4, -0.2) is 33.8 Å². The Morgan fingerprint density at radius 3 is 2.61 bits per heavy atom. The summed E-state index contributed by atoms with van der Waals surface area (Å²) >= 11 is 13.7. The number of halogens is 2. The molecule has 1 N–H and O–H groups in total. The molecule has 0 aliphatic heterocycles. The van der Waals surface area contributed by atoms with E-state index in [1.165, 1.54) is 7.11 Å². The number of hydrogen-bond acceptors (Lipinski definition) is 5. The van der Waals surface area contributed by atoms with Crippen molar-refractivity contribution in [1.29, 1.82) is 0 Å². The fraction of sp³-hybridized carbons (Fsp3) is 0.694. The van der Waals surface area contributed by atoms with Gasteiger partial charge < -0.3 is 10.1 Å². The van der Waals surface area contributed by atoms with E-state index >= 15 is 0 Å². The molecule has 0 unspecified atom stereocenters. The second-order valence-electron chi connectivity index (χ2n) is 15.8. The van der Waals surface area contributed by atoms with Gasteiger partial charge in [0.1, 0.15) is 22.9 Å². The number of aromatic nitrogens is 2. The summed E-state index contributed by atoms with van der Waals surface area (Å²) < 4.78 is 6.98. The summed E-state index contributed by atoms with van der Waals surface area (Å²) in [4.78, 5) is 31.5. The predicted molar refractivity (Wildman–Crippen MR) is 178 cm³/mol. The highest BCUT2D eigenvalue weighted by Gasteiger charge is 2.64. The first-order valence-corrected chi connectivity index (χ1v) is 17.4. The Labute approximate surface area is 272 Å². The molecular weight excluding hydrogens is 593 g/mol. The number of hydrogen-bond donors (Lipinski definition) is 1. The lowest BCUT2D eigenvalue weighted by molar-refractivity contribution is -0.153. The smallest absolute Gasteiger partial charge is 0.305 e. The van der Waals surface area contributed by atoms with Crippen LogP contribution >= 0.6 is 23.2 Å². The molecule has 8 atom stereocenters. The van der Waals surface area contributed by atoms with Gasteiger partial charge in [-0.2, -0.15) is 0 Å². The molecule has 0 aromatic carbocycles. The molecule has 2 aromatic heterocycles. The van der Waals surface area contributed by atoms with Gasteiger partial charge in [-0.15, -0.1) is 0 Å². The normalized spacial score (nSPS) is 34.4. The highest BCUT2D eigenvalue weighted by Crippen LogP contribution is 2.69. The number of anilines is 1. The molecule has 0 radical (unpaired) electrons. The molecule has 0 spiro atoms. The van der Waals surface area contributed by atoms with E-state index in [2.05, 4.69) is 51.3 Å². The lowest BCUT2D eigenvalue weighted by Crippen LogP contribution is -2.56. The van der Waals surface area contributed by atoms with Gasteiger partial charge in [-0.3, -0.25) is 14.0 Å². The van der Waals surface area contributed by atoms with Gasteiger partial charge >= 0.3 is 5.97 Å². The van der Waals surface area contributed by atoms with Gasteiger partial charge in [-0.1, -0.05) is 44.0 Å². The molecule has 240 valence electrons. The number of nitrogens with one attached hydrogen (secondary N) is 1. The molecule has 4 aliphatic rings. The minimum absolute atomic E-state index is 0.0331. The topological polar surface area (TPSA) is 72.7 Å². The summed E-state index contributed by atoms with van der Waals surface area (Å²) in [5.74, 6) is 3.35. The van der Waals surface area contributed by atoms with Crippen molar-refractivity contribution in [2.75, 3.05) is 12.4 Å². The average Bonchev–Trinajstić information content (AvgIpc) is 3.49. The van der Waals surface area contributed by atoms with Crippen molar-refractivity contribution in [2.24, 2.45) is 46.3 Å². The molecule has 8 heteroatoms. The first kappa shape index (κ1) is 31.9. The van der Waals surface area contributed by atoms with E-state index in [9.17, 15) is 9.59 Å². The summed E-state index contributed by atoms with van der Waals surface area (Å²) in [6, 6.07) is 3.85. The van der Waals surface area contributed by atoms with E-state index in [4.69, 9.17) is 32.9 Å². The molecule has 0 saturated heterocycles. The number of nitrogens with zero attached hydrogens (tertiary/aromatic N) is 2. The average molecular weight is 643 g/mol. The first-order chi connectivity index (χ1) is 20.7. The van der Waals surface area contributed by atoms with Crippen LogP contribution in [0.15, 0.2) is 23.4 Å². The van der Waals surface area contributed by atoms with Crippen molar-refractivity contribution in [3.05, 3.63) is 34.1 Å². The molecule has 3 saturated carbocycles. The van der Waals surface area contributed by atoms with Gasteiger partial charge in [0, 0.05) is 35.0 Å². The van der Waals surface area contributed by atoms with Gasteiger partial charge in [0.05, 0.1) is 12.1 Å². The monoisotopic (exact) mass is 641 g/mol. The largest absolute Gasteiger partial charge is 0.469 e. The zero-order valence-corrected chi connectivity index (χ0v) is 28.9. The Morgan fingerprint density at radius 2 is 1.91 bits per heavy atom. The number of ketones is 1. The van der Waals surface area contributed by atoms with Crippen molar-refractivity contribution < 1.29 is 14.3 Å². The van der Waals surface area contributed by atoms with E-state index in [-0.39, 0.29) is 28.3 Å². The van der Waals surface area contributed by atoms with Crippen LogP contribution in [0.2, 0.25) is 5.02 Å². The third-order valence-corrected chi connectivity index (χ3v) is 13.0. The van der Waals surface area contributed by atoms with Crippen LogP contribution in [0.3, 0.4) is 0 Å². The minimum atomic E-state index is -0.310. The molecule has 2 aromatic rings. The van der Waals surface area contributed by atoms with Crippen LogP contribution in [0, 0.1) is 46.3 Å². The molecule has 4 aliphatic carbocycles. The van der Waals surface area contributed by atoms with E-state index in [0.717, 1.165) is 72.7 Å². The van der Waals surface area contributed by atoms with Crippen LogP contribution in [0.25, 0.3) is 11.2 Å². The quantitative estimate of drug-likeness (QED) is 0.318. The summed E-state index contributed by atoms with van der Waals surface area (Å²) in [6.07, 6.45) is 9.91. The lowest BCUT2D eigenvalue weighted by atomic mass is 9.44. The number of imidazole rings is 1. The molecule has 0 amide bonds. The first-order valence-electron chi connectivity index (χ1n) is 16.6. The maximum absolute atomic E-state index is 14.4. The summed E-state index contributed by atoms with van der Waals surface area (Å²) in [6.45, 7) is 13.4. The third-order valence-electron chi connectivity index (χ3n) is 12.4. The van der Waals surface area contributed by atoms with Crippen LogP contribution in [-0.2, 0) is 14.3 Å². The summed E-state index contributed by atoms with van der Waals surface area (Å²) in [7, 11) is 1.45. The van der Waals surface area contributed by atoms with E-state index in [0.29, 0.717) is 53.2 Å². The van der Waals surface area contributed by atoms with Crippen molar-refractivity contribution in [3.8, 4) is 0 Å². The van der Waals surface area contributed by atoms with Gasteiger partial charge in [-0.05, 0) is 124 Å². The number of methoxy groups -OCH3 is 1. The molecular formula is C36H49Cl2N3O3. The third kappa shape index (κ3) is 5.11. The number of ether oxygens (including phenoxy) is 1. The number of carbonyl (C=O) groups excluding carboxylic acids is 2. The van der Waals surface area contributed by atoms with Crippen LogP contribution in [0.4, 0.5) is 5.82 Å². The zero-order valence-electron chi connectivity index (χ0n) is 27.4. The van der Waals surface area contributed by atoms with E-state index in [1.807, 2.05) is 18.3 Å². The number of allylic oxidation sites excluding steroid dienone is 2. The van der Waals surface area contributed by atoms with Gasteiger partial charge in [0.25, 0.3) is 0 Å². The van der Waals surface area contributed by atoms with Crippen molar-refractivity contribution >= 4 is 52.0 Å². The van der Waals surface area contributed by atoms with Gasteiger partial charge in [0.2, 0.25) is 0 Å². The minimum Gasteiger partial charge on any atom is -0.469 e. The highest BCUT2D eigenvalue weighted by atomic mass is 35.5. The Kier molecular flexibility index (Phi) is 8.22. The van der Waals surface area contributed by atoms with E-state index in [1.54, 1.807) is 0 Å². The lowest BCUT2D eigenvalue weighted by Gasteiger charge is -2.60. The van der Waals surface area contributed by atoms with Crippen molar-refractivity contribution in [3.63, 3.8) is 0 Å². The Bertz CT molecular complexity index is 1510. The summed E-state index contributed by atoms with van der Waals surface area (Å²) in [5.41, 5.74) is 2.39. The number of carbonyl (C=O) groups is 2. The fourth-order valence-electron chi connectivity index (χ4n) is 10.3. The molecule has 6 nitrogen and oxygen atoms in total. The van der Waals surface area contributed by atoms with Crippen molar-refractivity contribution in [2.45, 2.75) is 105 Å². The second kappa shape index (κ2) is 11.3. The Balaban J connectivity index is 1.34. The standard InChI is InChI=1S/C36H49Cl2N3O3/c1-20(8-15-30(43)44-7)23-12-13-24-22-10-11-25-31(27(38)16-17-35(25,5)26(22)18-28(42)36(23,24)6)32-33(40-34(2,3)4)41-19-21(37)9-14-29(41)39-32/h9,14,19-20,22-26,40H,8,10-13,15-18H2,1-7H3/t20-,22-,23+,24-,25+,26-,35-,36+/m0/s1. The molecule has 3 fully saturated rings. The van der Waals surface area contributed by atoms with Gasteiger partial charge in [0.15, 0.2) is 0 Å². The number of esters is 1. The van der Waals surface area contributed by atoms with Crippen LogP contribution in [0.1, 0.15) is 105 Å². The Morgan fingerprint density at radius 1 is 1.16 bits per heavy atom. The highest BCUT2D eigenvalue weighted by molar-refractivity contribution is 6.33. The number of rotatable bonds is 6. The number of pyridine rings is 1. The zero-order chi connectivity index (χ0) is 31.8.